The second-order valence-electron chi connectivity index (χ2n) is 5.84. The molecule has 6 nitrogen and oxygen atoms in total. The molecule has 0 aromatic carbocycles. The van der Waals surface area contributed by atoms with Crippen molar-refractivity contribution >= 4 is 5.91 Å². The minimum atomic E-state index is 0.0749. The molecule has 0 saturated carbocycles. The average Bonchev–Trinajstić information content (AvgIpc) is 3.14. The molecule has 6 heteroatoms. The van der Waals surface area contributed by atoms with Crippen molar-refractivity contribution in [1.82, 2.24) is 20.1 Å². The number of ether oxygens (including phenoxy) is 1. The van der Waals surface area contributed by atoms with Crippen molar-refractivity contribution in [3.63, 3.8) is 0 Å². The van der Waals surface area contributed by atoms with Gasteiger partial charge in [0.25, 0.3) is 0 Å². The fourth-order valence-corrected chi connectivity index (χ4v) is 2.82. The summed E-state index contributed by atoms with van der Waals surface area (Å²) in [6.07, 6.45) is 9.00. The van der Waals surface area contributed by atoms with Crippen LogP contribution >= 0.6 is 0 Å². The maximum atomic E-state index is 12.1. The molecule has 2 aromatic heterocycles. The van der Waals surface area contributed by atoms with E-state index in [1.807, 2.05) is 24.4 Å². The van der Waals surface area contributed by atoms with Gasteiger partial charge in [0.15, 0.2) is 5.82 Å². The lowest BCUT2D eigenvalue weighted by molar-refractivity contribution is -0.121. The molecule has 0 bridgehead atoms. The average molecular weight is 314 g/mol. The molecule has 0 spiro atoms. The van der Waals surface area contributed by atoms with Gasteiger partial charge in [0.1, 0.15) is 0 Å². The molecule has 1 unspecified atom stereocenters. The predicted molar refractivity (Wildman–Crippen MR) is 86.0 cm³/mol. The summed E-state index contributed by atoms with van der Waals surface area (Å²) < 4.78 is 7.16. The zero-order valence-corrected chi connectivity index (χ0v) is 13.1. The molecule has 23 heavy (non-hydrogen) atoms. The molecule has 1 amide bonds. The van der Waals surface area contributed by atoms with Crippen LogP contribution in [0.15, 0.2) is 36.8 Å². The van der Waals surface area contributed by atoms with Gasteiger partial charge in [-0.1, -0.05) is 6.07 Å². The zero-order valence-electron chi connectivity index (χ0n) is 13.1. The third-order valence-electron chi connectivity index (χ3n) is 4.10. The van der Waals surface area contributed by atoms with E-state index in [0.717, 1.165) is 37.4 Å². The Labute approximate surface area is 135 Å². The Morgan fingerprint density at radius 2 is 2.35 bits per heavy atom. The van der Waals surface area contributed by atoms with Crippen LogP contribution in [0, 0.1) is 5.92 Å². The number of hydrogen-bond acceptors (Lipinski definition) is 4. The van der Waals surface area contributed by atoms with Crippen LogP contribution in [-0.2, 0) is 16.1 Å². The van der Waals surface area contributed by atoms with Crippen molar-refractivity contribution in [1.29, 1.82) is 0 Å². The Morgan fingerprint density at radius 3 is 3.13 bits per heavy atom. The summed E-state index contributed by atoms with van der Waals surface area (Å²) in [6.45, 7) is 2.11. The first-order chi connectivity index (χ1) is 11.3. The Morgan fingerprint density at radius 1 is 1.39 bits per heavy atom. The first-order valence-electron chi connectivity index (χ1n) is 8.11. The highest BCUT2D eigenvalue weighted by Gasteiger charge is 2.15. The topological polar surface area (TPSA) is 69.0 Å². The number of aromatic nitrogens is 3. The molecule has 1 atom stereocenters. The van der Waals surface area contributed by atoms with E-state index in [-0.39, 0.29) is 5.91 Å². The first kappa shape index (κ1) is 15.7. The molecule has 1 saturated heterocycles. The van der Waals surface area contributed by atoms with E-state index in [1.54, 1.807) is 17.1 Å². The molecule has 2 aromatic rings. The summed E-state index contributed by atoms with van der Waals surface area (Å²) in [7, 11) is 0. The van der Waals surface area contributed by atoms with Gasteiger partial charge in [-0.3, -0.25) is 4.79 Å². The van der Waals surface area contributed by atoms with Crippen LogP contribution < -0.4 is 5.32 Å². The quantitative estimate of drug-likeness (QED) is 0.886. The van der Waals surface area contributed by atoms with E-state index in [2.05, 4.69) is 15.4 Å². The van der Waals surface area contributed by atoms with E-state index >= 15 is 0 Å². The minimum Gasteiger partial charge on any atom is -0.381 e. The first-order valence-corrected chi connectivity index (χ1v) is 8.11. The van der Waals surface area contributed by atoms with Crippen LogP contribution in [0.4, 0.5) is 0 Å². The van der Waals surface area contributed by atoms with E-state index in [9.17, 15) is 4.79 Å². The van der Waals surface area contributed by atoms with Gasteiger partial charge in [0, 0.05) is 50.3 Å². The van der Waals surface area contributed by atoms with Gasteiger partial charge >= 0.3 is 0 Å². The largest absolute Gasteiger partial charge is 0.381 e. The van der Waals surface area contributed by atoms with Crippen LogP contribution in [0.3, 0.4) is 0 Å². The number of nitrogens with zero attached hydrogens (tertiary/aromatic N) is 3. The lowest BCUT2D eigenvalue weighted by Gasteiger charge is -2.21. The van der Waals surface area contributed by atoms with Crippen molar-refractivity contribution in [3.8, 4) is 5.82 Å². The number of carbonyl (C=O) groups is 1. The summed E-state index contributed by atoms with van der Waals surface area (Å²) in [5.41, 5.74) is 0.950. The molecular formula is C17H22N4O2. The Balaban J connectivity index is 1.51. The normalized spacial score (nSPS) is 17.8. The Kier molecular flexibility index (Phi) is 5.37. The molecule has 1 aliphatic heterocycles. The van der Waals surface area contributed by atoms with Gasteiger partial charge < -0.3 is 10.1 Å². The van der Waals surface area contributed by atoms with Crippen LogP contribution in [0.25, 0.3) is 5.82 Å². The fraction of sp³-hybridized carbons (Fsp3) is 0.471. The highest BCUT2D eigenvalue weighted by Crippen LogP contribution is 2.18. The molecule has 0 radical (unpaired) electrons. The van der Waals surface area contributed by atoms with Gasteiger partial charge in [-0.25, -0.2) is 9.67 Å². The van der Waals surface area contributed by atoms with E-state index in [4.69, 9.17) is 4.74 Å². The Hall–Kier alpha value is -2.21. The standard InChI is InChI=1S/C17H22N4O2/c22-16(7-6-14-4-2-11-23-13-14)19-12-15-5-1-8-18-17(15)21-10-3-9-20-21/h1,3,5,8-10,14H,2,4,6-7,11-13H2,(H,19,22). The summed E-state index contributed by atoms with van der Waals surface area (Å²) in [5.74, 6) is 1.34. The van der Waals surface area contributed by atoms with Crippen molar-refractivity contribution in [2.75, 3.05) is 13.2 Å². The number of amides is 1. The Bertz CT molecular complexity index is 621. The minimum absolute atomic E-state index is 0.0749. The van der Waals surface area contributed by atoms with Crippen molar-refractivity contribution < 1.29 is 9.53 Å². The summed E-state index contributed by atoms with van der Waals surface area (Å²) in [4.78, 5) is 16.4. The number of pyridine rings is 1. The third-order valence-corrected chi connectivity index (χ3v) is 4.10. The van der Waals surface area contributed by atoms with E-state index in [0.29, 0.717) is 18.9 Å². The smallest absolute Gasteiger partial charge is 0.220 e. The van der Waals surface area contributed by atoms with Crippen LogP contribution in [0.1, 0.15) is 31.2 Å². The van der Waals surface area contributed by atoms with Crippen LogP contribution in [0.5, 0.6) is 0 Å². The lowest BCUT2D eigenvalue weighted by Crippen LogP contribution is -2.25. The van der Waals surface area contributed by atoms with E-state index in [1.165, 1.54) is 6.42 Å². The van der Waals surface area contributed by atoms with Gasteiger partial charge in [-0.2, -0.15) is 5.10 Å². The summed E-state index contributed by atoms with van der Waals surface area (Å²) in [6, 6.07) is 5.68. The number of rotatable bonds is 6. The monoisotopic (exact) mass is 314 g/mol. The molecule has 3 heterocycles. The van der Waals surface area contributed by atoms with Gasteiger partial charge in [0.2, 0.25) is 5.91 Å². The molecule has 1 aliphatic rings. The maximum Gasteiger partial charge on any atom is 0.220 e. The molecular weight excluding hydrogens is 292 g/mol. The van der Waals surface area contributed by atoms with Gasteiger partial charge in [-0.15, -0.1) is 0 Å². The number of carbonyl (C=O) groups excluding carboxylic acids is 1. The van der Waals surface area contributed by atoms with Crippen molar-refractivity contribution in [3.05, 3.63) is 42.4 Å². The maximum absolute atomic E-state index is 12.1. The SMILES string of the molecule is O=C(CCC1CCCOC1)NCc1cccnc1-n1cccn1. The second-order valence-corrected chi connectivity index (χ2v) is 5.84. The molecule has 3 rings (SSSR count). The third kappa shape index (κ3) is 4.39. The van der Waals surface area contributed by atoms with Gasteiger partial charge in [0.05, 0.1) is 0 Å². The highest BCUT2D eigenvalue weighted by molar-refractivity contribution is 5.75. The highest BCUT2D eigenvalue weighted by atomic mass is 16.5. The molecule has 0 aliphatic carbocycles. The second kappa shape index (κ2) is 7.87. The fourth-order valence-electron chi connectivity index (χ4n) is 2.82. The molecule has 122 valence electrons. The molecule has 1 N–H and O–H groups in total. The number of nitrogens with one attached hydrogen (secondary N) is 1. The van der Waals surface area contributed by atoms with E-state index < -0.39 is 0 Å². The van der Waals surface area contributed by atoms with Crippen molar-refractivity contribution in [2.45, 2.75) is 32.2 Å². The molecule has 1 fully saturated rings. The zero-order chi connectivity index (χ0) is 15.9. The summed E-state index contributed by atoms with van der Waals surface area (Å²) >= 11 is 0. The van der Waals surface area contributed by atoms with Gasteiger partial charge in [-0.05, 0) is 37.3 Å². The lowest BCUT2D eigenvalue weighted by atomic mass is 9.97. The predicted octanol–water partition coefficient (Wildman–Crippen LogP) is 2.09. The van der Waals surface area contributed by atoms with Crippen LogP contribution in [0.2, 0.25) is 0 Å². The van der Waals surface area contributed by atoms with Crippen molar-refractivity contribution in [2.24, 2.45) is 5.92 Å². The van der Waals surface area contributed by atoms with Crippen LogP contribution in [-0.4, -0.2) is 33.9 Å². The summed E-state index contributed by atoms with van der Waals surface area (Å²) in [5, 5.41) is 7.18. The number of hydrogen-bond donors (Lipinski definition) is 1.